The number of aryl methyl sites for hydroxylation is 1. The number of sulfone groups is 1. The Balaban J connectivity index is 2.90. The molecular formula is C7H14N4O2S. The second kappa shape index (κ2) is 3.66. The molecule has 2 N–H and O–H groups in total. The van der Waals surface area contributed by atoms with Crippen molar-refractivity contribution in [3.8, 4) is 0 Å². The minimum Gasteiger partial charge on any atom is -0.320 e. The Hall–Kier alpha value is -0.950. The third-order valence-electron chi connectivity index (χ3n) is 1.94. The van der Waals surface area contributed by atoms with Crippen molar-refractivity contribution in [2.24, 2.45) is 12.8 Å². The average Bonchev–Trinajstić information content (AvgIpc) is 2.29. The van der Waals surface area contributed by atoms with Crippen molar-refractivity contribution in [3.63, 3.8) is 0 Å². The first-order valence-corrected chi connectivity index (χ1v) is 6.16. The first-order valence-electron chi connectivity index (χ1n) is 4.10. The van der Waals surface area contributed by atoms with Crippen LogP contribution in [-0.2, 0) is 16.9 Å². The van der Waals surface area contributed by atoms with Crippen LogP contribution in [0.5, 0.6) is 0 Å². The molecule has 0 saturated heterocycles. The summed E-state index contributed by atoms with van der Waals surface area (Å²) in [5, 5.41) is 7.63. The minimum atomic E-state index is -3.09. The molecule has 1 aromatic heterocycles. The SMILES string of the molecule is Cc1nnc(C(N)CS(C)(=O)=O)n1C. The summed E-state index contributed by atoms with van der Waals surface area (Å²) in [4.78, 5) is 0. The lowest BCUT2D eigenvalue weighted by molar-refractivity contribution is 0.587. The molecule has 7 heteroatoms. The lowest BCUT2D eigenvalue weighted by Gasteiger charge is -2.09. The highest BCUT2D eigenvalue weighted by Crippen LogP contribution is 2.09. The fraction of sp³-hybridized carbons (Fsp3) is 0.714. The van der Waals surface area contributed by atoms with E-state index < -0.39 is 15.9 Å². The Morgan fingerprint density at radius 3 is 2.43 bits per heavy atom. The van der Waals surface area contributed by atoms with Gasteiger partial charge in [-0.15, -0.1) is 10.2 Å². The molecule has 0 amide bonds. The van der Waals surface area contributed by atoms with Gasteiger partial charge in [-0.05, 0) is 6.92 Å². The lowest BCUT2D eigenvalue weighted by Crippen LogP contribution is -2.24. The Morgan fingerprint density at radius 2 is 2.07 bits per heavy atom. The van der Waals surface area contributed by atoms with Gasteiger partial charge in [-0.3, -0.25) is 0 Å². The van der Waals surface area contributed by atoms with E-state index >= 15 is 0 Å². The molecule has 1 atom stereocenters. The summed E-state index contributed by atoms with van der Waals surface area (Å²) in [6.07, 6.45) is 1.15. The quantitative estimate of drug-likeness (QED) is 0.715. The standard InChI is InChI=1S/C7H14N4O2S/c1-5-9-10-7(11(5)2)6(8)4-14(3,12)13/h6H,4,8H2,1-3H3. The van der Waals surface area contributed by atoms with Gasteiger partial charge in [-0.1, -0.05) is 0 Å². The fourth-order valence-corrected chi connectivity index (χ4v) is 1.95. The first kappa shape index (κ1) is 11.1. The molecule has 0 fully saturated rings. The van der Waals surface area contributed by atoms with Gasteiger partial charge in [0.05, 0.1) is 11.8 Å². The summed E-state index contributed by atoms with van der Waals surface area (Å²) in [5.74, 6) is 1.09. The van der Waals surface area contributed by atoms with Crippen LogP contribution in [0.3, 0.4) is 0 Å². The molecule has 0 bridgehead atoms. The maximum Gasteiger partial charge on any atom is 0.150 e. The normalized spacial score (nSPS) is 14.3. The third-order valence-corrected chi connectivity index (χ3v) is 2.90. The number of hydrogen-bond donors (Lipinski definition) is 1. The fourth-order valence-electron chi connectivity index (χ4n) is 1.15. The average molecular weight is 218 g/mol. The second-order valence-corrected chi connectivity index (χ2v) is 5.55. The van der Waals surface area contributed by atoms with Gasteiger partial charge in [0.25, 0.3) is 0 Å². The molecule has 6 nitrogen and oxygen atoms in total. The van der Waals surface area contributed by atoms with Crippen molar-refractivity contribution in [2.45, 2.75) is 13.0 Å². The molecule has 0 aliphatic rings. The van der Waals surface area contributed by atoms with E-state index in [4.69, 9.17) is 5.73 Å². The van der Waals surface area contributed by atoms with Crippen LogP contribution < -0.4 is 5.73 Å². The lowest BCUT2D eigenvalue weighted by atomic mass is 10.3. The van der Waals surface area contributed by atoms with Gasteiger partial charge in [0.1, 0.15) is 15.7 Å². The Bertz CT molecular complexity index is 423. The zero-order valence-corrected chi connectivity index (χ0v) is 9.24. The van der Waals surface area contributed by atoms with Gasteiger partial charge in [-0.2, -0.15) is 0 Å². The second-order valence-electron chi connectivity index (χ2n) is 3.36. The van der Waals surface area contributed by atoms with E-state index in [0.29, 0.717) is 11.6 Å². The number of rotatable bonds is 3. The van der Waals surface area contributed by atoms with Gasteiger partial charge in [-0.25, -0.2) is 8.42 Å². The predicted octanol–water partition coefficient (Wildman–Crippen LogP) is -0.832. The van der Waals surface area contributed by atoms with Crippen LogP contribution >= 0.6 is 0 Å². The van der Waals surface area contributed by atoms with Gasteiger partial charge in [0.15, 0.2) is 5.82 Å². The summed E-state index contributed by atoms with van der Waals surface area (Å²) in [5.41, 5.74) is 5.69. The van der Waals surface area contributed by atoms with E-state index in [1.54, 1.807) is 18.5 Å². The number of aromatic nitrogens is 3. The third kappa shape index (κ3) is 2.52. The summed E-state index contributed by atoms with van der Waals surface area (Å²) >= 11 is 0. The first-order chi connectivity index (χ1) is 6.31. The molecule has 1 heterocycles. The van der Waals surface area contributed by atoms with E-state index in [-0.39, 0.29) is 5.75 Å². The molecular weight excluding hydrogens is 204 g/mol. The molecule has 0 aromatic carbocycles. The molecule has 0 aliphatic heterocycles. The molecule has 0 radical (unpaired) electrons. The van der Waals surface area contributed by atoms with Crippen LogP contribution in [0.15, 0.2) is 0 Å². The number of nitrogens with zero attached hydrogens (tertiary/aromatic N) is 3. The number of hydrogen-bond acceptors (Lipinski definition) is 5. The largest absolute Gasteiger partial charge is 0.320 e. The van der Waals surface area contributed by atoms with Crippen LogP contribution in [-0.4, -0.2) is 35.2 Å². The predicted molar refractivity (Wildman–Crippen MR) is 52.4 cm³/mol. The van der Waals surface area contributed by atoms with Gasteiger partial charge >= 0.3 is 0 Å². The van der Waals surface area contributed by atoms with Crippen molar-refractivity contribution in [2.75, 3.05) is 12.0 Å². The molecule has 1 rings (SSSR count). The van der Waals surface area contributed by atoms with E-state index in [2.05, 4.69) is 10.2 Å². The summed E-state index contributed by atoms with van der Waals surface area (Å²) < 4.78 is 23.7. The van der Waals surface area contributed by atoms with Crippen LogP contribution in [0, 0.1) is 6.92 Å². The van der Waals surface area contributed by atoms with E-state index in [1.807, 2.05) is 0 Å². The van der Waals surface area contributed by atoms with Crippen molar-refractivity contribution >= 4 is 9.84 Å². The molecule has 0 spiro atoms. The Kier molecular flexibility index (Phi) is 2.91. The zero-order chi connectivity index (χ0) is 10.9. The van der Waals surface area contributed by atoms with Crippen molar-refractivity contribution in [3.05, 3.63) is 11.6 Å². The minimum absolute atomic E-state index is 0.112. The Morgan fingerprint density at radius 1 is 1.50 bits per heavy atom. The summed E-state index contributed by atoms with van der Waals surface area (Å²) in [6, 6.07) is -0.615. The van der Waals surface area contributed by atoms with E-state index in [0.717, 1.165) is 6.26 Å². The maximum atomic E-state index is 11.0. The summed E-state index contributed by atoms with van der Waals surface area (Å²) in [6.45, 7) is 1.78. The molecule has 0 aliphatic carbocycles. The van der Waals surface area contributed by atoms with Crippen LogP contribution in [0.2, 0.25) is 0 Å². The maximum absolute atomic E-state index is 11.0. The highest BCUT2D eigenvalue weighted by atomic mass is 32.2. The smallest absolute Gasteiger partial charge is 0.150 e. The monoisotopic (exact) mass is 218 g/mol. The number of nitrogens with two attached hydrogens (primary N) is 1. The molecule has 1 unspecified atom stereocenters. The highest BCUT2D eigenvalue weighted by molar-refractivity contribution is 7.90. The molecule has 80 valence electrons. The highest BCUT2D eigenvalue weighted by Gasteiger charge is 2.18. The molecule has 14 heavy (non-hydrogen) atoms. The molecule has 1 aromatic rings. The van der Waals surface area contributed by atoms with Gasteiger partial charge in [0.2, 0.25) is 0 Å². The Labute approximate surface area is 83.0 Å². The van der Waals surface area contributed by atoms with E-state index in [9.17, 15) is 8.42 Å². The topological polar surface area (TPSA) is 90.9 Å². The van der Waals surface area contributed by atoms with Crippen LogP contribution in [0.25, 0.3) is 0 Å². The summed E-state index contributed by atoms with van der Waals surface area (Å²) in [7, 11) is -1.33. The van der Waals surface area contributed by atoms with E-state index in [1.165, 1.54) is 0 Å². The van der Waals surface area contributed by atoms with Gasteiger partial charge < -0.3 is 10.3 Å². The van der Waals surface area contributed by atoms with Gasteiger partial charge in [0, 0.05) is 13.3 Å². The zero-order valence-electron chi connectivity index (χ0n) is 8.43. The van der Waals surface area contributed by atoms with Crippen molar-refractivity contribution in [1.82, 2.24) is 14.8 Å². The van der Waals surface area contributed by atoms with Crippen LogP contribution in [0.1, 0.15) is 17.7 Å². The van der Waals surface area contributed by atoms with Crippen LogP contribution in [0.4, 0.5) is 0 Å². The molecule has 0 saturated carbocycles. The van der Waals surface area contributed by atoms with Crippen molar-refractivity contribution in [1.29, 1.82) is 0 Å². The van der Waals surface area contributed by atoms with Crippen molar-refractivity contribution < 1.29 is 8.42 Å².